The number of amides is 2. The molecule has 2 amide bonds. The van der Waals surface area contributed by atoms with E-state index in [9.17, 15) is 9.59 Å². The zero-order valence-corrected chi connectivity index (χ0v) is 14.2. The summed E-state index contributed by atoms with van der Waals surface area (Å²) in [5.74, 6) is -0.613. The van der Waals surface area contributed by atoms with Crippen molar-refractivity contribution in [3.8, 4) is 5.75 Å². The monoisotopic (exact) mass is 364 g/mol. The van der Waals surface area contributed by atoms with Crippen LogP contribution < -0.4 is 15.4 Å². The van der Waals surface area contributed by atoms with Crippen LogP contribution in [-0.2, 0) is 16.1 Å². The molecule has 0 bridgehead atoms. The highest BCUT2D eigenvalue weighted by Crippen LogP contribution is 2.33. The number of halogens is 2. The Morgan fingerprint density at radius 3 is 2.71 bits per heavy atom. The van der Waals surface area contributed by atoms with E-state index in [1.54, 1.807) is 42.5 Å². The Balaban J connectivity index is 1.74. The Morgan fingerprint density at radius 2 is 1.96 bits per heavy atom. The van der Waals surface area contributed by atoms with Crippen molar-refractivity contribution in [2.45, 2.75) is 19.1 Å². The van der Waals surface area contributed by atoms with Crippen LogP contribution in [0, 0.1) is 0 Å². The summed E-state index contributed by atoms with van der Waals surface area (Å²) in [6.45, 7) is 1.63. The Morgan fingerprint density at radius 1 is 1.21 bits per heavy atom. The molecule has 3 rings (SSSR count). The molecule has 1 atom stereocenters. The van der Waals surface area contributed by atoms with Gasteiger partial charge in [0.15, 0.2) is 0 Å². The molecule has 0 saturated heterocycles. The first kappa shape index (κ1) is 16.6. The van der Waals surface area contributed by atoms with Gasteiger partial charge < -0.3 is 15.4 Å². The van der Waals surface area contributed by atoms with E-state index < -0.39 is 17.4 Å². The summed E-state index contributed by atoms with van der Waals surface area (Å²) in [4.78, 5) is 24.8. The van der Waals surface area contributed by atoms with Crippen LogP contribution in [0.25, 0.3) is 0 Å². The molecule has 0 aromatic heterocycles. The number of fused-ring (bicyclic) bond motifs is 1. The predicted octanol–water partition coefficient (Wildman–Crippen LogP) is 3.40. The van der Waals surface area contributed by atoms with Crippen molar-refractivity contribution in [1.29, 1.82) is 0 Å². The molecule has 0 spiro atoms. The number of carbonyl (C=O) groups is 2. The van der Waals surface area contributed by atoms with Gasteiger partial charge in [-0.3, -0.25) is 9.59 Å². The van der Waals surface area contributed by atoms with E-state index in [2.05, 4.69) is 10.6 Å². The highest BCUT2D eigenvalue weighted by Gasteiger charge is 2.47. The van der Waals surface area contributed by atoms with Crippen LogP contribution in [0.1, 0.15) is 12.5 Å². The third-order valence-electron chi connectivity index (χ3n) is 3.75. The van der Waals surface area contributed by atoms with Crippen LogP contribution in [-0.4, -0.2) is 17.4 Å². The normalized spacial score (nSPS) is 19.0. The van der Waals surface area contributed by atoms with E-state index in [1.807, 2.05) is 0 Å². The number of hydrogen-bond donors (Lipinski definition) is 2. The molecule has 0 fully saturated rings. The van der Waals surface area contributed by atoms with E-state index in [0.29, 0.717) is 21.5 Å². The lowest BCUT2D eigenvalue weighted by Crippen LogP contribution is -2.58. The number of ether oxygens (including phenoxy) is 1. The van der Waals surface area contributed by atoms with Gasteiger partial charge in [0.2, 0.25) is 0 Å². The van der Waals surface area contributed by atoms with Gasteiger partial charge in [0.25, 0.3) is 17.4 Å². The number of nitrogens with one attached hydrogen (secondary N) is 2. The Bertz CT molecular complexity index is 825. The largest absolute Gasteiger partial charge is 0.466 e. The van der Waals surface area contributed by atoms with Crippen LogP contribution in [0.5, 0.6) is 5.75 Å². The van der Waals surface area contributed by atoms with E-state index in [4.69, 9.17) is 27.9 Å². The van der Waals surface area contributed by atoms with Crippen molar-refractivity contribution in [1.82, 2.24) is 5.32 Å². The number of rotatable bonds is 3. The van der Waals surface area contributed by atoms with Crippen LogP contribution in [0.3, 0.4) is 0 Å². The summed E-state index contributed by atoms with van der Waals surface area (Å²) in [6, 6.07) is 12.0. The zero-order valence-electron chi connectivity index (χ0n) is 12.7. The van der Waals surface area contributed by atoms with Gasteiger partial charge in [0, 0.05) is 6.54 Å². The van der Waals surface area contributed by atoms with E-state index >= 15 is 0 Å². The van der Waals surface area contributed by atoms with E-state index in [0.717, 1.165) is 5.56 Å². The van der Waals surface area contributed by atoms with Gasteiger partial charge in [-0.1, -0.05) is 41.4 Å². The summed E-state index contributed by atoms with van der Waals surface area (Å²) < 4.78 is 5.65. The molecule has 0 saturated carbocycles. The molecule has 1 heterocycles. The summed E-state index contributed by atoms with van der Waals surface area (Å²) in [5.41, 5.74) is -0.347. The van der Waals surface area contributed by atoms with Gasteiger partial charge in [0.05, 0.1) is 15.7 Å². The second-order valence-corrected chi connectivity index (χ2v) is 6.33. The maximum Gasteiger partial charge on any atom is 0.278 e. The number of para-hydroxylation sites is 2. The van der Waals surface area contributed by atoms with Crippen molar-refractivity contribution < 1.29 is 14.3 Å². The van der Waals surface area contributed by atoms with Gasteiger partial charge in [-0.2, -0.15) is 0 Å². The molecule has 24 heavy (non-hydrogen) atoms. The van der Waals surface area contributed by atoms with Crippen LogP contribution in [0.2, 0.25) is 10.0 Å². The van der Waals surface area contributed by atoms with E-state index in [1.165, 1.54) is 6.92 Å². The minimum atomic E-state index is -1.65. The first-order chi connectivity index (χ1) is 11.4. The first-order valence-corrected chi connectivity index (χ1v) is 7.97. The third kappa shape index (κ3) is 3.05. The Kier molecular flexibility index (Phi) is 4.39. The van der Waals surface area contributed by atoms with Crippen molar-refractivity contribution >= 4 is 40.7 Å². The lowest BCUT2D eigenvalue weighted by Gasteiger charge is -2.33. The van der Waals surface area contributed by atoms with Crippen molar-refractivity contribution in [2.75, 3.05) is 5.32 Å². The molecule has 2 aromatic rings. The molecular weight excluding hydrogens is 351 g/mol. The minimum absolute atomic E-state index is 0.198. The number of anilines is 1. The Hall–Kier alpha value is -2.24. The predicted molar refractivity (Wildman–Crippen MR) is 92.4 cm³/mol. The molecule has 5 nitrogen and oxygen atoms in total. The maximum atomic E-state index is 12.5. The molecule has 2 aromatic carbocycles. The standard InChI is InChI=1S/C17H14Cl2N2O3/c1-17(16(23)21-13-4-2-3-5-14(13)24-17)15(22)20-9-10-6-7-11(18)12(19)8-10/h2-8H,9H2,1H3,(H,20,22)(H,21,23)/t17-/m1/s1. The molecule has 1 aliphatic heterocycles. The molecule has 2 N–H and O–H groups in total. The number of hydrogen-bond acceptors (Lipinski definition) is 3. The quantitative estimate of drug-likeness (QED) is 0.820. The van der Waals surface area contributed by atoms with Crippen molar-refractivity contribution in [2.24, 2.45) is 0 Å². The fourth-order valence-electron chi connectivity index (χ4n) is 2.32. The van der Waals surface area contributed by atoms with Gasteiger partial charge in [-0.25, -0.2) is 0 Å². The molecule has 7 heteroatoms. The highest BCUT2D eigenvalue weighted by atomic mass is 35.5. The van der Waals surface area contributed by atoms with Gasteiger partial charge in [-0.05, 0) is 36.8 Å². The fourth-order valence-corrected chi connectivity index (χ4v) is 2.64. The van der Waals surface area contributed by atoms with Gasteiger partial charge in [0.1, 0.15) is 5.75 Å². The van der Waals surface area contributed by atoms with Crippen LogP contribution >= 0.6 is 23.2 Å². The molecular formula is C17H14Cl2N2O3. The molecule has 0 aliphatic carbocycles. The number of carbonyl (C=O) groups excluding carboxylic acids is 2. The summed E-state index contributed by atoms with van der Waals surface area (Å²) in [6.07, 6.45) is 0. The van der Waals surface area contributed by atoms with Crippen LogP contribution in [0.4, 0.5) is 5.69 Å². The lowest BCUT2D eigenvalue weighted by atomic mass is 10.0. The SMILES string of the molecule is C[C@]1(C(=O)NCc2ccc(Cl)c(Cl)c2)Oc2ccccc2NC1=O. The topological polar surface area (TPSA) is 67.4 Å². The first-order valence-electron chi connectivity index (χ1n) is 7.22. The summed E-state index contributed by atoms with van der Waals surface area (Å²) in [5, 5.41) is 6.21. The molecule has 124 valence electrons. The van der Waals surface area contributed by atoms with Crippen molar-refractivity contribution in [3.63, 3.8) is 0 Å². The van der Waals surface area contributed by atoms with Crippen molar-refractivity contribution in [3.05, 3.63) is 58.1 Å². The zero-order chi connectivity index (χ0) is 17.3. The Labute approximate surface area is 148 Å². The van der Waals surface area contributed by atoms with Gasteiger partial charge >= 0.3 is 0 Å². The average molecular weight is 365 g/mol. The second-order valence-electron chi connectivity index (χ2n) is 5.52. The highest BCUT2D eigenvalue weighted by molar-refractivity contribution is 6.42. The van der Waals surface area contributed by atoms with Gasteiger partial charge in [-0.15, -0.1) is 0 Å². The molecule has 0 unspecified atom stereocenters. The summed E-state index contributed by atoms with van der Waals surface area (Å²) in [7, 11) is 0. The third-order valence-corrected chi connectivity index (χ3v) is 4.49. The van der Waals surface area contributed by atoms with Crippen LogP contribution in [0.15, 0.2) is 42.5 Å². The minimum Gasteiger partial charge on any atom is -0.466 e. The fraction of sp³-hybridized carbons (Fsp3) is 0.176. The lowest BCUT2D eigenvalue weighted by molar-refractivity contribution is -0.146. The smallest absolute Gasteiger partial charge is 0.278 e. The average Bonchev–Trinajstić information content (AvgIpc) is 2.56. The van der Waals surface area contributed by atoms with E-state index in [-0.39, 0.29) is 6.54 Å². The molecule has 0 radical (unpaired) electrons. The summed E-state index contributed by atoms with van der Waals surface area (Å²) >= 11 is 11.8. The molecule has 1 aliphatic rings. The second kappa shape index (κ2) is 6.34. The number of benzene rings is 2. The maximum absolute atomic E-state index is 12.5.